The van der Waals surface area contributed by atoms with Gasteiger partial charge >= 0.3 is 11.9 Å². The van der Waals surface area contributed by atoms with Crippen molar-refractivity contribution in [1.29, 1.82) is 0 Å². The molecule has 0 saturated heterocycles. The highest BCUT2D eigenvalue weighted by molar-refractivity contribution is 9.10. The predicted octanol–water partition coefficient (Wildman–Crippen LogP) is 2.78. The van der Waals surface area contributed by atoms with E-state index in [2.05, 4.69) is 20.7 Å². The summed E-state index contributed by atoms with van der Waals surface area (Å²) in [4.78, 5) is 22.7. The Labute approximate surface area is 116 Å². The maximum absolute atomic E-state index is 11.6. The third-order valence-electron chi connectivity index (χ3n) is 2.17. The van der Waals surface area contributed by atoms with E-state index in [4.69, 9.17) is 13.6 Å². The molecule has 0 N–H and O–H groups in total. The molecule has 0 aliphatic carbocycles. The lowest BCUT2D eigenvalue weighted by Gasteiger charge is -1.99. The molecule has 100 valence electrons. The summed E-state index contributed by atoms with van der Waals surface area (Å²) in [5.41, 5.74) is 0. The molecule has 0 saturated carbocycles. The molecule has 2 aromatic heterocycles. The van der Waals surface area contributed by atoms with Gasteiger partial charge in [-0.1, -0.05) is 0 Å². The van der Waals surface area contributed by atoms with Crippen LogP contribution in [0.25, 0.3) is 0 Å². The van der Waals surface area contributed by atoms with Crippen molar-refractivity contribution in [3.8, 4) is 0 Å². The molecule has 6 nitrogen and oxygen atoms in total. The topological polar surface area (TPSA) is 78.9 Å². The van der Waals surface area contributed by atoms with Gasteiger partial charge in [-0.3, -0.25) is 0 Å². The smallest absolute Gasteiger partial charge is 0.374 e. The van der Waals surface area contributed by atoms with E-state index in [1.807, 2.05) is 0 Å². The van der Waals surface area contributed by atoms with Crippen molar-refractivity contribution >= 4 is 27.9 Å². The lowest BCUT2D eigenvalue weighted by atomic mass is 10.4. The third kappa shape index (κ3) is 3.25. The standard InChI is InChI=1S/C12H9BrO6/c1-16-11(14)8-3-2-7(18-8)6-17-12(15)9-4-5-10(13)19-9/h2-5H,6H2,1H3. The van der Waals surface area contributed by atoms with Crippen LogP contribution in [0.5, 0.6) is 0 Å². The molecule has 0 aliphatic heterocycles. The number of halogens is 1. The summed E-state index contributed by atoms with van der Waals surface area (Å²) in [7, 11) is 1.25. The molecule has 2 heterocycles. The number of furan rings is 2. The molecule has 19 heavy (non-hydrogen) atoms. The van der Waals surface area contributed by atoms with Crippen LogP contribution in [0.4, 0.5) is 0 Å². The summed E-state index contributed by atoms with van der Waals surface area (Å²) in [5.74, 6) is -0.755. The van der Waals surface area contributed by atoms with Crippen molar-refractivity contribution in [3.05, 3.63) is 46.2 Å². The first-order valence-electron chi connectivity index (χ1n) is 5.19. The Morgan fingerprint density at radius 1 is 1.11 bits per heavy atom. The van der Waals surface area contributed by atoms with E-state index in [1.54, 1.807) is 6.07 Å². The Hall–Kier alpha value is -2.02. The Balaban J connectivity index is 1.93. The number of hydrogen-bond donors (Lipinski definition) is 0. The highest BCUT2D eigenvalue weighted by atomic mass is 79.9. The van der Waals surface area contributed by atoms with Gasteiger partial charge in [0.05, 0.1) is 7.11 Å². The quantitative estimate of drug-likeness (QED) is 0.803. The first-order valence-corrected chi connectivity index (χ1v) is 5.99. The predicted molar refractivity (Wildman–Crippen MR) is 65.6 cm³/mol. The first-order chi connectivity index (χ1) is 9.10. The van der Waals surface area contributed by atoms with Crippen LogP contribution in [0.2, 0.25) is 0 Å². The molecule has 0 bridgehead atoms. The minimum absolute atomic E-state index is 0.0503. The highest BCUT2D eigenvalue weighted by Gasteiger charge is 2.15. The van der Waals surface area contributed by atoms with Crippen LogP contribution >= 0.6 is 15.9 Å². The molecule has 0 atom stereocenters. The summed E-state index contributed by atoms with van der Waals surface area (Å²) >= 11 is 3.08. The number of carbonyl (C=O) groups excluding carboxylic acids is 2. The number of ether oxygens (including phenoxy) is 2. The van der Waals surface area contributed by atoms with Crippen molar-refractivity contribution in [2.24, 2.45) is 0 Å². The number of esters is 2. The second-order valence-corrected chi connectivity index (χ2v) is 4.22. The van der Waals surface area contributed by atoms with Gasteiger partial charge in [0.1, 0.15) is 12.4 Å². The van der Waals surface area contributed by atoms with Crippen LogP contribution in [-0.4, -0.2) is 19.0 Å². The average Bonchev–Trinajstić information content (AvgIpc) is 3.04. The van der Waals surface area contributed by atoms with Gasteiger partial charge in [-0.2, -0.15) is 0 Å². The molecule has 2 rings (SSSR count). The largest absolute Gasteiger partial charge is 0.463 e. The second kappa shape index (κ2) is 5.75. The third-order valence-corrected chi connectivity index (χ3v) is 2.59. The van der Waals surface area contributed by atoms with Crippen LogP contribution in [0.15, 0.2) is 37.8 Å². The molecular formula is C12H9BrO6. The Morgan fingerprint density at radius 2 is 1.79 bits per heavy atom. The molecule has 0 radical (unpaired) electrons. The minimum atomic E-state index is -0.623. The fourth-order valence-electron chi connectivity index (χ4n) is 1.30. The summed E-state index contributed by atoms with van der Waals surface area (Å²) in [6.45, 7) is -0.103. The van der Waals surface area contributed by atoms with Crippen molar-refractivity contribution in [2.75, 3.05) is 7.11 Å². The van der Waals surface area contributed by atoms with Gasteiger partial charge in [-0.05, 0) is 40.2 Å². The van der Waals surface area contributed by atoms with E-state index in [1.165, 1.54) is 25.3 Å². The average molecular weight is 329 g/mol. The molecule has 0 fully saturated rings. The second-order valence-electron chi connectivity index (χ2n) is 3.44. The Kier molecular flexibility index (Phi) is 4.06. The first kappa shape index (κ1) is 13.4. The van der Waals surface area contributed by atoms with E-state index < -0.39 is 11.9 Å². The summed E-state index contributed by atoms with van der Waals surface area (Å²) in [6.07, 6.45) is 0. The summed E-state index contributed by atoms with van der Waals surface area (Å²) in [6, 6.07) is 6.03. The van der Waals surface area contributed by atoms with E-state index >= 15 is 0 Å². The normalized spacial score (nSPS) is 10.2. The fourth-order valence-corrected chi connectivity index (χ4v) is 1.60. The Bertz CT molecular complexity index is 597. The van der Waals surface area contributed by atoms with E-state index in [0.29, 0.717) is 10.4 Å². The van der Waals surface area contributed by atoms with Gasteiger partial charge in [0.15, 0.2) is 4.67 Å². The minimum Gasteiger partial charge on any atom is -0.463 e. The number of carbonyl (C=O) groups is 2. The van der Waals surface area contributed by atoms with Gasteiger partial charge in [0, 0.05) is 0 Å². The zero-order chi connectivity index (χ0) is 13.8. The lowest BCUT2D eigenvalue weighted by Crippen LogP contribution is -2.03. The van der Waals surface area contributed by atoms with Crippen molar-refractivity contribution in [1.82, 2.24) is 0 Å². The van der Waals surface area contributed by atoms with Crippen molar-refractivity contribution in [3.63, 3.8) is 0 Å². The fraction of sp³-hybridized carbons (Fsp3) is 0.167. The summed E-state index contributed by atoms with van der Waals surface area (Å²) in [5, 5.41) is 0. The zero-order valence-electron chi connectivity index (χ0n) is 9.84. The maximum Gasteiger partial charge on any atom is 0.374 e. The molecule has 0 unspecified atom stereocenters. The monoisotopic (exact) mass is 328 g/mol. The molecule has 2 aromatic rings. The molecule has 7 heteroatoms. The van der Waals surface area contributed by atoms with Crippen LogP contribution in [0.1, 0.15) is 26.9 Å². The summed E-state index contributed by atoms with van der Waals surface area (Å²) < 4.78 is 20.0. The molecular weight excluding hydrogens is 320 g/mol. The number of methoxy groups -OCH3 is 1. The zero-order valence-corrected chi connectivity index (χ0v) is 11.4. The highest BCUT2D eigenvalue weighted by Crippen LogP contribution is 2.16. The van der Waals surface area contributed by atoms with Crippen molar-refractivity contribution < 1.29 is 27.9 Å². The van der Waals surface area contributed by atoms with Crippen LogP contribution in [0.3, 0.4) is 0 Å². The SMILES string of the molecule is COC(=O)c1ccc(COC(=O)c2ccc(Br)o2)o1. The Morgan fingerprint density at radius 3 is 2.42 bits per heavy atom. The number of rotatable bonds is 4. The maximum atomic E-state index is 11.6. The van der Waals surface area contributed by atoms with E-state index in [0.717, 1.165) is 0 Å². The van der Waals surface area contributed by atoms with Gasteiger partial charge in [0.25, 0.3) is 0 Å². The lowest BCUT2D eigenvalue weighted by molar-refractivity contribution is 0.0402. The molecule has 0 spiro atoms. The van der Waals surface area contributed by atoms with E-state index in [-0.39, 0.29) is 18.1 Å². The van der Waals surface area contributed by atoms with Gasteiger partial charge in [0.2, 0.25) is 11.5 Å². The molecule has 0 aromatic carbocycles. The van der Waals surface area contributed by atoms with Crippen LogP contribution in [0, 0.1) is 0 Å². The number of hydrogen-bond acceptors (Lipinski definition) is 6. The molecule has 0 aliphatic rings. The van der Waals surface area contributed by atoms with Crippen LogP contribution in [-0.2, 0) is 16.1 Å². The molecule has 0 amide bonds. The van der Waals surface area contributed by atoms with Gasteiger partial charge < -0.3 is 18.3 Å². The van der Waals surface area contributed by atoms with Gasteiger partial charge in [-0.25, -0.2) is 9.59 Å². The van der Waals surface area contributed by atoms with Gasteiger partial charge in [-0.15, -0.1) is 0 Å². The van der Waals surface area contributed by atoms with Crippen molar-refractivity contribution in [2.45, 2.75) is 6.61 Å². The van der Waals surface area contributed by atoms with Crippen LogP contribution < -0.4 is 0 Å². The van der Waals surface area contributed by atoms with E-state index in [9.17, 15) is 9.59 Å².